The minimum Gasteiger partial charge on any atom is -0.140 e. The summed E-state index contributed by atoms with van der Waals surface area (Å²) in [5.41, 5.74) is 0. The first-order valence-electron chi connectivity index (χ1n) is 3.93. The lowest BCUT2D eigenvalue weighted by atomic mass is 10.2. The smallest absolute Gasteiger partial charge is 0.0345 e. The molecule has 0 saturated heterocycles. The number of hydrogen-bond donors (Lipinski definition) is 0. The van der Waals surface area contributed by atoms with Gasteiger partial charge >= 0.3 is 0 Å². The predicted molar refractivity (Wildman–Crippen MR) is 64.4 cm³/mol. The van der Waals surface area contributed by atoms with Crippen LogP contribution in [-0.4, -0.2) is 4.43 Å². The standard InChI is InChI=1S/C10H9IS/c11-6-5-9-7-8-3-1-2-4-10(8)12-9/h1-4,7H,5-6H2. The van der Waals surface area contributed by atoms with E-state index < -0.39 is 0 Å². The number of alkyl halides is 1. The van der Waals surface area contributed by atoms with Gasteiger partial charge in [0.2, 0.25) is 0 Å². The fourth-order valence-corrected chi connectivity index (χ4v) is 3.26. The molecule has 62 valence electrons. The molecule has 2 heteroatoms. The molecule has 2 rings (SSSR count). The second-order valence-electron chi connectivity index (χ2n) is 2.69. The molecule has 0 amide bonds. The molecule has 12 heavy (non-hydrogen) atoms. The number of benzene rings is 1. The van der Waals surface area contributed by atoms with Crippen LogP contribution in [0.2, 0.25) is 0 Å². The lowest BCUT2D eigenvalue weighted by Crippen LogP contribution is -1.76. The third kappa shape index (κ3) is 1.64. The van der Waals surface area contributed by atoms with E-state index in [0.717, 1.165) is 0 Å². The minimum atomic E-state index is 1.21. The second-order valence-corrected chi connectivity index (χ2v) is 4.94. The van der Waals surface area contributed by atoms with Gasteiger partial charge in [-0.25, -0.2) is 0 Å². The Morgan fingerprint density at radius 3 is 2.83 bits per heavy atom. The second kappa shape index (κ2) is 3.75. The van der Waals surface area contributed by atoms with Crippen molar-refractivity contribution < 1.29 is 0 Å². The summed E-state index contributed by atoms with van der Waals surface area (Å²) >= 11 is 4.34. The van der Waals surface area contributed by atoms with Crippen molar-refractivity contribution in [3.8, 4) is 0 Å². The number of halogens is 1. The Balaban J connectivity index is 2.47. The highest BCUT2D eigenvalue weighted by Gasteiger charge is 1.98. The summed E-state index contributed by atoms with van der Waals surface area (Å²) in [6, 6.07) is 10.9. The Labute approximate surface area is 89.7 Å². The fraction of sp³-hybridized carbons (Fsp3) is 0.200. The van der Waals surface area contributed by atoms with Crippen LogP contribution in [0.15, 0.2) is 30.3 Å². The molecule has 0 aliphatic heterocycles. The summed E-state index contributed by atoms with van der Waals surface area (Å²) in [4.78, 5) is 1.51. The summed E-state index contributed by atoms with van der Waals surface area (Å²) in [7, 11) is 0. The molecule has 0 aliphatic rings. The molecule has 1 aromatic carbocycles. The minimum absolute atomic E-state index is 1.21. The van der Waals surface area contributed by atoms with Gasteiger partial charge < -0.3 is 0 Å². The van der Waals surface area contributed by atoms with Crippen molar-refractivity contribution in [1.82, 2.24) is 0 Å². The summed E-state index contributed by atoms with van der Waals surface area (Å²) in [5.74, 6) is 0. The van der Waals surface area contributed by atoms with E-state index in [1.807, 2.05) is 11.3 Å². The van der Waals surface area contributed by atoms with Gasteiger partial charge in [-0.2, -0.15) is 0 Å². The van der Waals surface area contributed by atoms with E-state index in [2.05, 4.69) is 52.9 Å². The van der Waals surface area contributed by atoms with Gasteiger partial charge in [0.1, 0.15) is 0 Å². The number of rotatable bonds is 2. The quantitative estimate of drug-likeness (QED) is 0.581. The van der Waals surface area contributed by atoms with Crippen LogP contribution in [0.3, 0.4) is 0 Å². The highest BCUT2D eigenvalue weighted by atomic mass is 127. The molecule has 0 spiro atoms. The maximum atomic E-state index is 2.42. The molecule has 0 atom stereocenters. The highest BCUT2D eigenvalue weighted by molar-refractivity contribution is 14.1. The van der Waals surface area contributed by atoms with Crippen molar-refractivity contribution in [2.75, 3.05) is 4.43 Å². The van der Waals surface area contributed by atoms with Gasteiger partial charge in [-0.15, -0.1) is 11.3 Å². The van der Waals surface area contributed by atoms with Crippen LogP contribution in [0, 0.1) is 0 Å². The molecule has 0 aliphatic carbocycles. The number of aryl methyl sites for hydroxylation is 1. The largest absolute Gasteiger partial charge is 0.140 e. The molecule has 0 bridgehead atoms. The topological polar surface area (TPSA) is 0 Å². The van der Waals surface area contributed by atoms with E-state index in [1.165, 1.54) is 25.8 Å². The summed E-state index contributed by atoms with van der Waals surface area (Å²) in [6.45, 7) is 0. The van der Waals surface area contributed by atoms with Crippen LogP contribution in [0.25, 0.3) is 10.1 Å². The number of hydrogen-bond acceptors (Lipinski definition) is 1. The van der Waals surface area contributed by atoms with E-state index in [4.69, 9.17) is 0 Å². The maximum absolute atomic E-state index is 2.42. The van der Waals surface area contributed by atoms with Crippen LogP contribution in [-0.2, 0) is 6.42 Å². The number of fused-ring (bicyclic) bond motifs is 1. The Morgan fingerprint density at radius 2 is 2.08 bits per heavy atom. The van der Waals surface area contributed by atoms with Crippen LogP contribution >= 0.6 is 33.9 Å². The Morgan fingerprint density at radius 1 is 1.25 bits per heavy atom. The molecule has 1 heterocycles. The Kier molecular flexibility index (Phi) is 2.66. The first-order valence-corrected chi connectivity index (χ1v) is 6.28. The summed E-state index contributed by atoms with van der Waals surface area (Å²) < 4.78 is 2.63. The van der Waals surface area contributed by atoms with Crippen LogP contribution in [0.1, 0.15) is 4.88 Å². The molecule has 2 aromatic rings. The molecule has 0 radical (unpaired) electrons. The van der Waals surface area contributed by atoms with E-state index in [1.54, 1.807) is 0 Å². The third-order valence-electron chi connectivity index (χ3n) is 1.82. The molecular weight excluding hydrogens is 279 g/mol. The lowest BCUT2D eigenvalue weighted by molar-refractivity contribution is 1.24. The van der Waals surface area contributed by atoms with E-state index in [-0.39, 0.29) is 0 Å². The van der Waals surface area contributed by atoms with Gasteiger partial charge in [0, 0.05) is 14.0 Å². The monoisotopic (exact) mass is 288 g/mol. The van der Waals surface area contributed by atoms with Crippen LogP contribution in [0.4, 0.5) is 0 Å². The van der Waals surface area contributed by atoms with Gasteiger partial charge in [0.15, 0.2) is 0 Å². The molecule has 1 aromatic heterocycles. The molecule has 0 nitrogen and oxygen atoms in total. The van der Waals surface area contributed by atoms with E-state index >= 15 is 0 Å². The van der Waals surface area contributed by atoms with E-state index in [0.29, 0.717) is 0 Å². The lowest BCUT2D eigenvalue weighted by Gasteiger charge is -1.85. The van der Waals surface area contributed by atoms with Crippen molar-refractivity contribution in [2.45, 2.75) is 6.42 Å². The van der Waals surface area contributed by atoms with Gasteiger partial charge in [-0.3, -0.25) is 0 Å². The zero-order valence-corrected chi connectivity index (χ0v) is 9.56. The Hall–Kier alpha value is -0.0900. The van der Waals surface area contributed by atoms with Crippen molar-refractivity contribution in [3.63, 3.8) is 0 Å². The van der Waals surface area contributed by atoms with E-state index in [9.17, 15) is 0 Å². The zero-order valence-electron chi connectivity index (χ0n) is 6.59. The van der Waals surface area contributed by atoms with Crippen molar-refractivity contribution in [1.29, 1.82) is 0 Å². The zero-order chi connectivity index (χ0) is 8.39. The maximum Gasteiger partial charge on any atom is 0.0345 e. The predicted octanol–water partition coefficient (Wildman–Crippen LogP) is 3.88. The SMILES string of the molecule is ICCc1cc2ccccc2s1. The van der Waals surface area contributed by atoms with Gasteiger partial charge in [0.05, 0.1) is 0 Å². The van der Waals surface area contributed by atoms with Crippen molar-refractivity contribution >= 4 is 44.0 Å². The molecule has 0 unspecified atom stereocenters. The molecule has 0 fully saturated rings. The molecular formula is C10H9IS. The first kappa shape index (κ1) is 8.51. The molecule has 0 N–H and O–H groups in total. The fourth-order valence-electron chi connectivity index (χ4n) is 1.25. The van der Waals surface area contributed by atoms with Crippen molar-refractivity contribution in [2.24, 2.45) is 0 Å². The van der Waals surface area contributed by atoms with Gasteiger partial charge in [0.25, 0.3) is 0 Å². The normalized spacial score (nSPS) is 10.8. The van der Waals surface area contributed by atoms with Gasteiger partial charge in [-0.05, 0) is 23.9 Å². The average molecular weight is 288 g/mol. The average Bonchev–Trinajstić information content (AvgIpc) is 2.47. The first-order chi connectivity index (χ1) is 5.90. The van der Waals surface area contributed by atoms with Gasteiger partial charge in [-0.1, -0.05) is 40.8 Å². The Bertz CT molecular complexity index is 345. The third-order valence-corrected chi connectivity index (χ3v) is 3.53. The van der Waals surface area contributed by atoms with Crippen molar-refractivity contribution in [3.05, 3.63) is 35.2 Å². The van der Waals surface area contributed by atoms with Crippen LogP contribution < -0.4 is 0 Å². The van der Waals surface area contributed by atoms with Crippen LogP contribution in [0.5, 0.6) is 0 Å². The highest BCUT2D eigenvalue weighted by Crippen LogP contribution is 2.25. The number of thiophene rings is 1. The summed E-state index contributed by atoms with van der Waals surface area (Å²) in [6.07, 6.45) is 1.21. The molecule has 0 saturated carbocycles. The summed E-state index contributed by atoms with van der Waals surface area (Å²) in [5, 5.41) is 1.39.